The Morgan fingerprint density at radius 2 is 1.89 bits per heavy atom. The molecule has 3 heteroatoms. The van der Waals surface area contributed by atoms with Crippen LogP contribution in [0.5, 0.6) is 0 Å². The van der Waals surface area contributed by atoms with Crippen LogP contribution in [-0.2, 0) is 0 Å². The van der Waals surface area contributed by atoms with E-state index in [0.717, 1.165) is 19.6 Å². The van der Waals surface area contributed by atoms with Crippen molar-refractivity contribution in [3.8, 4) is 0 Å². The van der Waals surface area contributed by atoms with Crippen LogP contribution in [0.2, 0.25) is 0 Å². The van der Waals surface area contributed by atoms with Gasteiger partial charge in [-0.05, 0) is 37.6 Å². The molecule has 2 heterocycles. The van der Waals surface area contributed by atoms with E-state index >= 15 is 0 Å². The summed E-state index contributed by atoms with van der Waals surface area (Å²) in [7, 11) is 2.21. The molecule has 0 saturated carbocycles. The molecule has 0 radical (unpaired) electrons. The maximum Gasteiger partial charge on any atom is 0.0402 e. The van der Waals surface area contributed by atoms with Crippen LogP contribution in [0.1, 0.15) is 17.9 Å². The normalized spacial score (nSPS) is 25.6. The number of hydrogen-bond donors (Lipinski definition) is 1. The third kappa shape index (κ3) is 2.38. The van der Waals surface area contributed by atoms with Crippen LogP contribution in [0, 0.1) is 0 Å². The first-order chi connectivity index (χ1) is 8.84. The molecular weight excluding hydrogens is 222 g/mol. The van der Waals surface area contributed by atoms with Crippen molar-refractivity contribution in [3.63, 3.8) is 0 Å². The molecule has 0 amide bonds. The van der Waals surface area contributed by atoms with Crippen LogP contribution in [0.15, 0.2) is 24.3 Å². The first-order valence-electron chi connectivity index (χ1n) is 7.08. The number of nitrogens with one attached hydrogen (secondary N) is 1. The highest BCUT2D eigenvalue weighted by Gasteiger charge is 2.23. The van der Waals surface area contributed by atoms with E-state index in [1.807, 2.05) is 0 Å². The zero-order valence-electron chi connectivity index (χ0n) is 11.2. The zero-order chi connectivity index (χ0) is 12.4. The first kappa shape index (κ1) is 12.0. The maximum absolute atomic E-state index is 3.48. The first-order valence-corrected chi connectivity index (χ1v) is 7.08. The Bertz CT molecular complexity index is 390. The molecule has 0 spiro atoms. The lowest BCUT2D eigenvalue weighted by atomic mass is 9.96. The van der Waals surface area contributed by atoms with E-state index in [1.54, 1.807) is 5.56 Å². The second-order valence-corrected chi connectivity index (χ2v) is 5.54. The van der Waals surface area contributed by atoms with Crippen LogP contribution < -0.4 is 10.2 Å². The van der Waals surface area contributed by atoms with E-state index in [4.69, 9.17) is 0 Å². The fourth-order valence-electron chi connectivity index (χ4n) is 3.09. The van der Waals surface area contributed by atoms with Gasteiger partial charge in [0, 0.05) is 38.4 Å². The van der Waals surface area contributed by atoms with Gasteiger partial charge in [-0.15, -0.1) is 0 Å². The van der Waals surface area contributed by atoms with Crippen LogP contribution in [0.3, 0.4) is 0 Å². The summed E-state index contributed by atoms with van der Waals surface area (Å²) in [6.45, 7) is 6.99. The fraction of sp³-hybridized carbons (Fsp3) is 0.600. The van der Waals surface area contributed by atoms with Crippen molar-refractivity contribution >= 4 is 5.69 Å². The Morgan fingerprint density at radius 3 is 2.61 bits per heavy atom. The van der Waals surface area contributed by atoms with Crippen LogP contribution >= 0.6 is 0 Å². The number of para-hydroxylation sites is 1. The van der Waals surface area contributed by atoms with E-state index in [-0.39, 0.29) is 0 Å². The van der Waals surface area contributed by atoms with E-state index in [2.05, 4.69) is 46.4 Å². The molecule has 2 fully saturated rings. The largest absolute Gasteiger partial charge is 0.369 e. The molecule has 0 bridgehead atoms. The standard InChI is InChI=1S/C15H23N3/c1-17-8-10-18(11-9-17)15-5-3-2-4-14(15)13-6-7-16-12-13/h2-5,13,16H,6-12H2,1H3. The topological polar surface area (TPSA) is 18.5 Å². The second-order valence-electron chi connectivity index (χ2n) is 5.54. The molecule has 3 nitrogen and oxygen atoms in total. The van der Waals surface area contributed by atoms with E-state index < -0.39 is 0 Å². The van der Waals surface area contributed by atoms with Crippen molar-refractivity contribution in [2.75, 3.05) is 51.2 Å². The maximum atomic E-state index is 3.48. The van der Waals surface area contributed by atoms with Gasteiger partial charge in [-0.25, -0.2) is 0 Å². The number of benzene rings is 1. The lowest BCUT2D eigenvalue weighted by molar-refractivity contribution is 0.312. The Balaban J connectivity index is 1.82. The molecule has 1 aromatic rings. The molecular formula is C15H23N3. The van der Waals surface area contributed by atoms with Crippen molar-refractivity contribution in [1.82, 2.24) is 10.2 Å². The average Bonchev–Trinajstić information content (AvgIpc) is 2.93. The van der Waals surface area contributed by atoms with Gasteiger partial charge in [-0.1, -0.05) is 18.2 Å². The number of rotatable bonds is 2. The minimum absolute atomic E-state index is 0.709. The third-order valence-corrected chi connectivity index (χ3v) is 4.28. The molecule has 0 aromatic heterocycles. The number of piperazine rings is 1. The van der Waals surface area contributed by atoms with Gasteiger partial charge in [0.2, 0.25) is 0 Å². The predicted octanol–water partition coefficient (Wildman–Crippen LogP) is 1.52. The van der Waals surface area contributed by atoms with Gasteiger partial charge in [0.15, 0.2) is 0 Å². The summed E-state index contributed by atoms with van der Waals surface area (Å²) in [5.74, 6) is 0.709. The lowest BCUT2D eigenvalue weighted by Crippen LogP contribution is -2.44. The SMILES string of the molecule is CN1CCN(c2ccccc2C2CCNC2)CC1. The monoisotopic (exact) mass is 245 g/mol. The minimum atomic E-state index is 0.709. The summed E-state index contributed by atoms with van der Waals surface area (Å²) < 4.78 is 0. The molecule has 1 atom stereocenters. The van der Waals surface area contributed by atoms with Gasteiger partial charge in [0.05, 0.1) is 0 Å². The molecule has 2 saturated heterocycles. The number of anilines is 1. The van der Waals surface area contributed by atoms with E-state index in [9.17, 15) is 0 Å². The minimum Gasteiger partial charge on any atom is -0.369 e. The van der Waals surface area contributed by atoms with E-state index in [0.29, 0.717) is 5.92 Å². The molecule has 2 aliphatic rings. The van der Waals surface area contributed by atoms with Gasteiger partial charge in [-0.3, -0.25) is 0 Å². The molecule has 1 unspecified atom stereocenters. The second kappa shape index (κ2) is 5.29. The summed E-state index contributed by atoms with van der Waals surface area (Å²) >= 11 is 0. The highest BCUT2D eigenvalue weighted by molar-refractivity contribution is 5.56. The number of likely N-dealkylation sites (N-methyl/N-ethyl adjacent to an activating group) is 1. The number of nitrogens with zero attached hydrogens (tertiary/aromatic N) is 2. The average molecular weight is 245 g/mol. The van der Waals surface area contributed by atoms with Gasteiger partial charge in [0.25, 0.3) is 0 Å². The van der Waals surface area contributed by atoms with Crippen molar-refractivity contribution < 1.29 is 0 Å². The Morgan fingerprint density at radius 1 is 1.11 bits per heavy atom. The molecule has 98 valence electrons. The highest BCUT2D eigenvalue weighted by atomic mass is 15.2. The van der Waals surface area contributed by atoms with Crippen LogP contribution in [0.4, 0.5) is 5.69 Å². The van der Waals surface area contributed by atoms with Crippen LogP contribution in [-0.4, -0.2) is 51.2 Å². The van der Waals surface area contributed by atoms with Gasteiger partial charge >= 0.3 is 0 Å². The third-order valence-electron chi connectivity index (χ3n) is 4.28. The molecule has 1 N–H and O–H groups in total. The predicted molar refractivity (Wildman–Crippen MR) is 76.4 cm³/mol. The molecule has 1 aromatic carbocycles. The molecule has 0 aliphatic carbocycles. The van der Waals surface area contributed by atoms with Crippen molar-refractivity contribution in [1.29, 1.82) is 0 Å². The Kier molecular flexibility index (Phi) is 3.52. The smallest absolute Gasteiger partial charge is 0.0402 e. The van der Waals surface area contributed by atoms with Gasteiger partial charge in [-0.2, -0.15) is 0 Å². The fourth-order valence-corrected chi connectivity index (χ4v) is 3.09. The molecule has 3 rings (SSSR count). The zero-order valence-corrected chi connectivity index (χ0v) is 11.2. The van der Waals surface area contributed by atoms with Crippen LogP contribution in [0.25, 0.3) is 0 Å². The summed E-state index contributed by atoms with van der Waals surface area (Å²) in [5, 5.41) is 3.48. The van der Waals surface area contributed by atoms with Gasteiger partial charge in [0.1, 0.15) is 0 Å². The Hall–Kier alpha value is -1.06. The summed E-state index contributed by atoms with van der Waals surface area (Å²) in [5.41, 5.74) is 3.02. The molecule has 2 aliphatic heterocycles. The number of hydrogen-bond acceptors (Lipinski definition) is 3. The lowest BCUT2D eigenvalue weighted by Gasteiger charge is -2.35. The van der Waals surface area contributed by atoms with Crippen molar-refractivity contribution in [3.05, 3.63) is 29.8 Å². The molecule has 18 heavy (non-hydrogen) atoms. The van der Waals surface area contributed by atoms with Crippen molar-refractivity contribution in [2.24, 2.45) is 0 Å². The van der Waals surface area contributed by atoms with Crippen molar-refractivity contribution in [2.45, 2.75) is 12.3 Å². The summed E-state index contributed by atoms with van der Waals surface area (Å²) in [4.78, 5) is 4.98. The Labute approximate surface area is 110 Å². The van der Waals surface area contributed by atoms with Gasteiger partial charge < -0.3 is 15.1 Å². The quantitative estimate of drug-likeness (QED) is 0.852. The highest BCUT2D eigenvalue weighted by Crippen LogP contribution is 2.31. The summed E-state index contributed by atoms with van der Waals surface area (Å²) in [6.07, 6.45) is 1.28. The summed E-state index contributed by atoms with van der Waals surface area (Å²) in [6, 6.07) is 9.00. The van der Waals surface area contributed by atoms with E-state index in [1.165, 1.54) is 31.7 Å².